The molecule has 0 aliphatic heterocycles. The number of hydrogen-bond donors (Lipinski definition) is 3. The molecule has 49 heavy (non-hydrogen) atoms. The fourth-order valence-corrected chi connectivity index (χ4v) is 7.71. The van der Waals surface area contributed by atoms with Crippen LogP contribution in [0.15, 0.2) is 72.8 Å². The third kappa shape index (κ3) is 9.88. The van der Waals surface area contributed by atoms with Gasteiger partial charge in [0.05, 0.1) is 11.1 Å². The number of benzene rings is 3. The minimum atomic E-state index is -0.928. The molecular formula is C40H48N4O4S. The Morgan fingerprint density at radius 2 is 1.45 bits per heavy atom. The number of nitrogens with one attached hydrogen (secondary N) is 2. The Bertz CT molecular complexity index is 1730. The fourth-order valence-electron chi connectivity index (χ4n) is 6.43. The van der Waals surface area contributed by atoms with E-state index in [9.17, 15) is 14.4 Å². The lowest BCUT2D eigenvalue weighted by molar-refractivity contribution is 0.0696. The van der Waals surface area contributed by atoms with E-state index in [1.165, 1.54) is 16.2 Å². The predicted octanol–water partition coefficient (Wildman–Crippen LogP) is 7.78. The van der Waals surface area contributed by atoms with Gasteiger partial charge in [0.25, 0.3) is 11.8 Å². The normalized spacial score (nSPS) is 12.6. The van der Waals surface area contributed by atoms with Crippen LogP contribution in [0.5, 0.6) is 0 Å². The Morgan fingerprint density at radius 3 is 2.12 bits per heavy atom. The van der Waals surface area contributed by atoms with Crippen molar-refractivity contribution < 1.29 is 19.5 Å². The van der Waals surface area contributed by atoms with E-state index in [0.717, 1.165) is 99.9 Å². The SMILES string of the molecule is CCN(CC)CCCN(C)Cc1cccc(C(=O)Nc2sc3c(c2C(=O)Nc2ccc(CCc4ccc(C(=O)O)cc4)cc2)CCCC3)c1. The molecule has 1 aliphatic rings. The number of aryl methyl sites for hydroxylation is 3. The fraction of sp³-hybridized carbons (Fsp3) is 0.375. The zero-order valence-electron chi connectivity index (χ0n) is 28.9. The summed E-state index contributed by atoms with van der Waals surface area (Å²) in [6, 6.07) is 22.5. The van der Waals surface area contributed by atoms with Crippen molar-refractivity contribution in [3.05, 3.63) is 117 Å². The van der Waals surface area contributed by atoms with Gasteiger partial charge in [0.1, 0.15) is 5.00 Å². The van der Waals surface area contributed by atoms with Gasteiger partial charge in [0, 0.05) is 22.7 Å². The van der Waals surface area contributed by atoms with Crippen molar-refractivity contribution in [1.29, 1.82) is 0 Å². The Labute approximate surface area is 294 Å². The molecule has 258 valence electrons. The maximum Gasteiger partial charge on any atom is 0.335 e. The molecule has 4 aromatic rings. The van der Waals surface area contributed by atoms with E-state index < -0.39 is 5.97 Å². The molecule has 0 saturated heterocycles. The lowest BCUT2D eigenvalue weighted by Crippen LogP contribution is -2.28. The number of carbonyl (C=O) groups is 3. The number of rotatable bonds is 16. The van der Waals surface area contributed by atoms with E-state index in [4.69, 9.17) is 5.11 Å². The molecule has 0 atom stereocenters. The Kier molecular flexibility index (Phi) is 12.8. The Hall–Kier alpha value is -4.31. The maximum atomic E-state index is 13.8. The second kappa shape index (κ2) is 17.4. The highest BCUT2D eigenvalue weighted by Gasteiger charge is 2.27. The third-order valence-corrected chi connectivity index (χ3v) is 10.5. The average molecular weight is 681 g/mol. The van der Waals surface area contributed by atoms with Gasteiger partial charge < -0.3 is 25.5 Å². The monoisotopic (exact) mass is 680 g/mol. The largest absolute Gasteiger partial charge is 0.478 e. The summed E-state index contributed by atoms with van der Waals surface area (Å²) in [7, 11) is 2.12. The van der Waals surface area contributed by atoms with Crippen molar-refractivity contribution in [3.8, 4) is 0 Å². The number of thiophene rings is 1. The van der Waals surface area contributed by atoms with E-state index >= 15 is 0 Å². The molecule has 0 saturated carbocycles. The van der Waals surface area contributed by atoms with E-state index in [2.05, 4.69) is 47.4 Å². The standard InChI is InChI=1S/C40H48N4O4S/c1-4-44(5-2)25-9-24-43(3)27-30-10-8-11-32(26-30)37(45)42-39-36(34-12-6-7-13-35(34)49-39)38(46)41-33-22-18-29(19-23-33)15-14-28-16-20-31(21-17-28)40(47)48/h8,10-11,16-23,26H,4-7,9,12-15,24-25,27H2,1-3H3,(H,41,46)(H,42,45)(H,47,48). The van der Waals surface area contributed by atoms with Crippen molar-refractivity contribution >= 4 is 39.8 Å². The van der Waals surface area contributed by atoms with Gasteiger partial charge in [-0.25, -0.2) is 4.79 Å². The molecule has 0 fully saturated rings. The highest BCUT2D eigenvalue weighted by Crippen LogP contribution is 2.39. The van der Waals surface area contributed by atoms with Gasteiger partial charge >= 0.3 is 5.97 Å². The van der Waals surface area contributed by atoms with Crippen LogP contribution in [0.25, 0.3) is 0 Å². The second-order valence-corrected chi connectivity index (χ2v) is 13.9. The van der Waals surface area contributed by atoms with E-state index in [-0.39, 0.29) is 17.4 Å². The average Bonchev–Trinajstić information content (AvgIpc) is 3.48. The van der Waals surface area contributed by atoms with Crippen molar-refractivity contribution in [3.63, 3.8) is 0 Å². The van der Waals surface area contributed by atoms with Gasteiger partial charge in [-0.1, -0.05) is 50.2 Å². The number of anilines is 2. The first kappa shape index (κ1) is 36.0. The van der Waals surface area contributed by atoms with E-state index in [0.29, 0.717) is 21.8 Å². The summed E-state index contributed by atoms with van der Waals surface area (Å²) in [5.74, 6) is -1.34. The number of fused-ring (bicyclic) bond motifs is 1. The lowest BCUT2D eigenvalue weighted by Gasteiger charge is -2.21. The topological polar surface area (TPSA) is 102 Å². The van der Waals surface area contributed by atoms with Crippen LogP contribution in [0, 0.1) is 0 Å². The van der Waals surface area contributed by atoms with E-state index in [1.54, 1.807) is 12.1 Å². The highest BCUT2D eigenvalue weighted by atomic mass is 32.1. The minimum absolute atomic E-state index is 0.207. The summed E-state index contributed by atoms with van der Waals surface area (Å²) < 4.78 is 0. The number of carbonyl (C=O) groups excluding carboxylic acids is 2. The van der Waals surface area contributed by atoms with Gasteiger partial charge in [-0.15, -0.1) is 11.3 Å². The molecule has 3 aromatic carbocycles. The number of carboxylic acid groups (broad SMARTS) is 1. The number of amides is 2. The molecule has 0 spiro atoms. The van der Waals surface area contributed by atoms with Crippen LogP contribution in [0.2, 0.25) is 0 Å². The third-order valence-electron chi connectivity index (χ3n) is 9.29. The van der Waals surface area contributed by atoms with Crippen LogP contribution in [0.3, 0.4) is 0 Å². The van der Waals surface area contributed by atoms with Crippen LogP contribution in [-0.4, -0.2) is 65.9 Å². The van der Waals surface area contributed by atoms with Crippen molar-refractivity contribution in [1.82, 2.24) is 9.80 Å². The number of carboxylic acids is 1. The molecule has 8 nitrogen and oxygen atoms in total. The quantitative estimate of drug-likeness (QED) is 0.112. The van der Waals surface area contributed by atoms with Crippen LogP contribution >= 0.6 is 11.3 Å². The van der Waals surface area contributed by atoms with Crippen molar-refractivity contribution in [2.45, 2.75) is 65.3 Å². The first-order valence-electron chi connectivity index (χ1n) is 17.4. The Balaban J connectivity index is 1.22. The first-order chi connectivity index (χ1) is 23.7. The molecule has 0 unspecified atom stereocenters. The van der Waals surface area contributed by atoms with Crippen LogP contribution in [0.1, 0.15) is 91.3 Å². The summed E-state index contributed by atoms with van der Waals surface area (Å²) in [6.07, 6.45) is 6.53. The molecule has 1 aliphatic carbocycles. The molecule has 0 radical (unpaired) electrons. The van der Waals surface area contributed by atoms with Crippen LogP contribution in [0.4, 0.5) is 10.7 Å². The maximum absolute atomic E-state index is 13.8. The molecule has 0 bridgehead atoms. The molecule has 1 aromatic heterocycles. The van der Waals surface area contributed by atoms with Crippen LogP contribution < -0.4 is 10.6 Å². The zero-order valence-corrected chi connectivity index (χ0v) is 29.7. The molecule has 9 heteroatoms. The van der Waals surface area contributed by atoms with Crippen molar-refractivity contribution in [2.75, 3.05) is 43.9 Å². The molecule has 1 heterocycles. The first-order valence-corrected chi connectivity index (χ1v) is 18.2. The highest BCUT2D eigenvalue weighted by molar-refractivity contribution is 7.17. The summed E-state index contributed by atoms with van der Waals surface area (Å²) in [5.41, 5.74) is 6.46. The second-order valence-electron chi connectivity index (χ2n) is 12.8. The smallest absolute Gasteiger partial charge is 0.335 e. The van der Waals surface area contributed by atoms with Gasteiger partial charge in [-0.05, 0) is 137 Å². The van der Waals surface area contributed by atoms with Gasteiger partial charge in [0.2, 0.25) is 0 Å². The van der Waals surface area contributed by atoms with E-state index in [1.807, 2.05) is 54.6 Å². The summed E-state index contributed by atoms with van der Waals surface area (Å²) >= 11 is 1.53. The number of hydrogen-bond acceptors (Lipinski definition) is 6. The van der Waals surface area contributed by atoms with Crippen molar-refractivity contribution in [2.24, 2.45) is 0 Å². The molecule has 3 N–H and O–H groups in total. The number of nitrogens with zero attached hydrogens (tertiary/aromatic N) is 2. The lowest BCUT2D eigenvalue weighted by atomic mass is 9.95. The predicted molar refractivity (Wildman–Crippen MR) is 199 cm³/mol. The van der Waals surface area contributed by atoms with Gasteiger partial charge in [-0.3, -0.25) is 9.59 Å². The zero-order chi connectivity index (χ0) is 34.8. The number of aromatic carboxylic acids is 1. The molecular weight excluding hydrogens is 633 g/mol. The molecule has 2 amide bonds. The van der Waals surface area contributed by atoms with Crippen LogP contribution in [-0.2, 0) is 32.2 Å². The molecule has 5 rings (SSSR count). The minimum Gasteiger partial charge on any atom is -0.478 e. The summed E-state index contributed by atoms with van der Waals surface area (Å²) in [4.78, 5) is 44.4. The summed E-state index contributed by atoms with van der Waals surface area (Å²) in [6.45, 7) is 9.36. The van der Waals surface area contributed by atoms with Gasteiger partial charge in [-0.2, -0.15) is 0 Å². The van der Waals surface area contributed by atoms with Gasteiger partial charge in [0.15, 0.2) is 0 Å². The summed E-state index contributed by atoms with van der Waals surface area (Å²) in [5, 5.41) is 15.9. The Morgan fingerprint density at radius 1 is 0.776 bits per heavy atom.